The van der Waals surface area contributed by atoms with Gasteiger partial charge in [0.1, 0.15) is 5.75 Å². The molecular formula is C21H27N5O3. The van der Waals surface area contributed by atoms with Gasteiger partial charge in [-0.1, -0.05) is 0 Å². The van der Waals surface area contributed by atoms with Gasteiger partial charge in [0, 0.05) is 57.2 Å². The van der Waals surface area contributed by atoms with Crippen molar-refractivity contribution in [2.75, 3.05) is 58.7 Å². The van der Waals surface area contributed by atoms with Crippen LogP contribution in [0.4, 0.5) is 5.69 Å². The van der Waals surface area contributed by atoms with Crippen molar-refractivity contribution in [2.45, 2.75) is 0 Å². The van der Waals surface area contributed by atoms with Gasteiger partial charge in [0.15, 0.2) is 0 Å². The maximum absolute atomic E-state index is 12.6. The number of hydrogen-bond donors (Lipinski definition) is 2. The Morgan fingerprint density at radius 1 is 1.07 bits per heavy atom. The minimum Gasteiger partial charge on any atom is -0.497 e. The van der Waals surface area contributed by atoms with E-state index in [1.54, 1.807) is 43.6 Å². The maximum Gasteiger partial charge on any atom is 0.255 e. The first kappa shape index (κ1) is 20.8. The number of hydrogen-bond acceptors (Lipinski definition) is 6. The molecule has 29 heavy (non-hydrogen) atoms. The number of aromatic nitrogens is 1. The van der Waals surface area contributed by atoms with E-state index in [9.17, 15) is 9.59 Å². The lowest BCUT2D eigenvalue weighted by Crippen LogP contribution is -2.46. The summed E-state index contributed by atoms with van der Waals surface area (Å²) in [5, 5.41) is 5.72. The van der Waals surface area contributed by atoms with Crippen LogP contribution in [0.2, 0.25) is 0 Å². The number of piperazine rings is 1. The molecule has 0 spiro atoms. The molecule has 1 saturated heterocycles. The molecular weight excluding hydrogens is 370 g/mol. The van der Waals surface area contributed by atoms with Crippen LogP contribution in [0.3, 0.4) is 0 Å². The lowest BCUT2D eigenvalue weighted by molar-refractivity contribution is 0.0941. The van der Waals surface area contributed by atoms with E-state index in [0.717, 1.165) is 32.7 Å². The number of rotatable bonds is 7. The first-order chi connectivity index (χ1) is 14.1. The highest BCUT2D eigenvalue weighted by atomic mass is 16.5. The summed E-state index contributed by atoms with van der Waals surface area (Å²) in [6, 6.07) is 8.40. The SMILES string of the molecule is COc1ccc(C(=O)Nc2ccncc2C(=O)NCCN2CCN(C)CC2)cc1. The Balaban J connectivity index is 1.57. The second-order valence-electron chi connectivity index (χ2n) is 7.00. The van der Waals surface area contributed by atoms with Crippen molar-refractivity contribution in [3.05, 3.63) is 53.9 Å². The third-order valence-electron chi connectivity index (χ3n) is 4.98. The van der Waals surface area contributed by atoms with Crippen molar-refractivity contribution in [1.82, 2.24) is 20.1 Å². The van der Waals surface area contributed by atoms with E-state index in [0.29, 0.717) is 29.1 Å². The molecule has 0 aliphatic carbocycles. The zero-order valence-electron chi connectivity index (χ0n) is 16.9. The van der Waals surface area contributed by atoms with Crippen molar-refractivity contribution in [1.29, 1.82) is 0 Å². The van der Waals surface area contributed by atoms with Crippen LogP contribution in [0.15, 0.2) is 42.7 Å². The number of amides is 2. The molecule has 2 amide bonds. The summed E-state index contributed by atoms with van der Waals surface area (Å²) in [6.07, 6.45) is 3.01. The first-order valence-electron chi connectivity index (χ1n) is 9.65. The first-order valence-corrected chi connectivity index (χ1v) is 9.65. The van der Waals surface area contributed by atoms with E-state index < -0.39 is 0 Å². The van der Waals surface area contributed by atoms with E-state index in [1.165, 1.54) is 6.20 Å². The monoisotopic (exact) mass is 397 g/mol. The van der Waals surface area contributed by atoms with E-state index >= 15 is 0 Å². The molecule has 8 nitrogen and oxygen atoms in total. The van der Waals surface area contributed by atoms with Gasteiger partial charge in [-0.25, -0.2) is 0 Å². The zero-order chi connectivity index (χ0) is 20.6. The Hall–Kier alpha value is -2.97. The van der Waals surface area contributed by atoms with Gasteiger partial charge in [0.05, 0.1) is 18.4 Å². The van der Waals surface area contributed by atoms with Crippen molar-refractivity contribution in [2.24, 2.45) is 0 Å². The van der Waals surface area contributed by atoms with Gasteiger partial charge in [-0.2, -0.15) is 0 Å². The highest BCUT2D eigenvalue weighted by Crippen LogP contribution is 2.17. The van der Waals surface area contributed by atoms with E-state index in [2.05, 4.69) is 32.5 Å². The number of nitrogens with zero attached hydrogens (tertiary/aromatic N) is 3. The summed E-state index contributed by atoms with van der Waals surface area (Å²) >= 11 is 0. The minimum atomic E-state index is -0.301. The Morgan fingerprint density at radius 2 is 1.79 bits per heavy atom. The van der Waals surface area contributed by atoms with Crippen LogP contribution in [-0.2, 0) is 0 Å². The topological polar surface area (TPSA) is 86.8 Å². The molecule has 1 aliphatic rings. The van der Waals surface area contributed by atoms with Crippen LogP contribution in [-0.4, -0.2) is 80.0 Å². The Kier molecular flexibility index (Phi) is 7.15. The lowest BCUT2D eigenvalue weighted by Gasteiger charge is -2.32. The number of pyridine rings is 1. The average molecular weight is 397 g/mol. The van der Waals surface area contributed by atoms with Crippen molar-refractivity contribution in [3.8, 4) is 5.75 Å². The van der Waals surface area contributed by atoms with Gasteiger partial charge in [0.2, 0.25) is 0 Å². The fourth-order valence-corrected chi connectivity index (χ4v) is 3.12. The van der Waals surface area contributed by atoms with Crippen LogP contribution >= 0.6 is 0 Å². The Morgan fingerprint density at radius 3 is 2.48 bits per heavy atom. The van der Waals surface area contributed by atoms with Gasteiger partial charge in [-0.05, 0) is 37.4 Å². The molecule has 0 unspecified atom stereocenters. The van der Waals surface area contributed by atoms with Crippen molar-refractivity contribution in [3.63, 3.8) is 0 Å². The predicted molar refractivity (Wildman–Crippen MR) is 111 cm³/mol. The standard InChI is InChI=1S/C21H27N5O3/c1-25-11-13-26(14-12-25)10-9-23-21(28)18-15-22-8-7-19(18)24-20(27)16-3-5-17(29-2)6-4-16/h3-8,15H,9-14H2,1-2H3,(H,23,28)(H,22,24,27). The molecule has 3 rings (SSSR count). The number of benzene rings is 1. The molecule has 154 valence electrons. The smallest absolute Gasteiger partial charge is 0.255 e. The quantitative estimate of drug-likeness (QED) is 0.733. The summed E-state index contributed by atoms with van der Waals surface area (Å²) in [5.41, 5.74) is 1.25. The molecule has 0 atom stereocenters. The van der Waals surface area contributed by atoms with Crippen molar-refractivity contribution < 1.29 is 14.3 Å². The largest absolute Gasteiger partial charge is 0.497 e. The third kappa shape index (κ3) is 5.75. The number of methoxy groups -OCH3 is 1. The molecule has 1 aromatic carbocycles. The molecule has 1 aliphatic heterocycles. The van der Waals surface area contributed by atoms with Crippen LogP contribution in [0, 0.1) is 0 Å². The van der Waals surface area contributed by atoms with Crippen molar-refractivity contribution >= 4 is 17.5 Å². The predicted octanol–water partition coefficient (Wildman–Crippen LogP) is 1.32. The van der Waals surface area contributed by atoms with E-state index in [4.69, 9.17) is 4.74 Å². The maximum atomic E-state index is 12.6. The van der Waals surface area contributed by atoms with Crippen LogP contribution in [0.1, 0.15) is 20.7 Å². The van der Waals surface area contributed by atoms with Crippen LogP contribution in [0.5, 0.6) is 5.75 Å². The summed E-state index contributed by atoms with van der Waals surface area (Å²) in [6.45, 7) is 5.43. The second-order valence-corrected chi connectivity index (χ2v) is 7.00. The Bertz CT molecular complexity index is 832. The number of carbonyl (C=O) groups excluding carboxylic acids is 2. The molecule has 1 fully saturated rings. The second kappa shape index (κ2) is 9.99. The molecule has 8 heteroatoms. The number of ether oxygens (including phenoxy) is 1. The minimum absolute atomic E-state index is 0.253. The molecule has 0 saturated carbocycles. The fourth-order valence-electron chi connectivity index (χ4n) is 3.12. The highest BCUT2D eigenvalue weighted by molar-refractivity contribution is 6.08. The number of likely N-dealkylation sites (N-methyl/N-ethyl adjacent to an activating group) is 1. The summed E-state index contributed by atoms with van der Waals surface area (Å²) < 4.78 is 5.11. The van der Waals surface area contributed by atoms with E-state index in [-0.39, 0.29) is 11.8 Å². The van der Waals surface area contributed by atoms with Gasteiger partial charge >= 0.3 is 0 Å². The molecule has 1 aromatic heterocycles. The average Bonchev–Trinajstić information content (AvgIpc) is 2.75. The van der Waals surface area contributed by atoms with Gasteiger partial charge in [-0.15, -0.1) is 0 Å². The number of nitrogens with one attached hydrogen (secondary N) is 2. The number of carbonyl (C=O) groups is 2. The third-order valence-corrected chi connectivity index (χ3v) is 4.98. The van der Waals surface area contributed by atoms with Gasteiger partial charge < -0.3 is 20.3 Å². The summed E-state index contributed by atoms with van der Waals surface area (Å²) in [4.78, 5) is 33.8. The lowest BCUT2D eigenvalue weighted by atomic mass is 10.1. The molecule has 2 aromatic rings. The summed E-state index contributed by atoms with van der Waals surface area (Å²) in [7, 11) is 3.68. The molecule has 0 radical (unpaired) electrons. The van der Waals surface area contributed by atoms with Crippen LogP contribution < -0.4 is 15.4 Å². The van der Waals surface area contributed by atoms with Gasteiger partial charge in [-0.3, -0.25) is 19.5 Å². The molecule has 2 heterocycles. The normalized spacial score (nSPS) is 15.0. The van der Waals surface area contributed by atoms with E-state index in [1.807, 2.05) is 0 Å². The Labute approximate surface area is 170 Å². The summed E-state index contributed by atoms with van der Waals surface area (Å²) in [5.74, 6) is 0.119. The van der Waals surface area contributed by atoms with Crippen LogP contribution in [0.25, 0.3) is 0 Å². The fraction of sp³-hybridized carbons (Fsp3) is 0.381. The van der Waals surface area contributed by atoms with Gasteiger partial charge in [0.25, 0.3) is 11.8 Å². The molecule has 0 bridgehead atoms. The number of anilines is 1. The highest BCUT2D eigenvalue weighted by Gasteiger charge is 2.16. The molecule has 2 N–H and O–H groups in total. The zero-order valence-corrected chi connectivity index (χ0v) is 16.9.